The molecular formula is C19H21NO2. The van der Waals surface area contributed by atoms with Gasteiger partial charge in [-0.15, -0.1) is 0 Å². The molecule has 3 nitrogen and oxygen atoms in total. The summed E-state index contributed by atoms with van der Waals surface area (Å²) in [4.78, 5) is 14.7. The quantitative estimate of drug-likeness (QED) is 0.863. The number of benzene rings is 1. The first-order chi connectivity index (χ1) is 10.8. The molecule has 3 heteroatoms. The molecule has 1 aromatic carbocycles. The fraction of sp³-hybridized carbons (Fsp3) is 0.421. The zero-order chi connectivity index (χ0) is 14.9. The molecule has 2 aromatic rings. The maximum absolute atomic E-state index is 12.6. The van der Waals surface area contributed by atoms with Crippen molar-refractivity contribution in [2.24, 2.45) is 5.92 Å². The van der Waals surface area contributed by atoms with E-state index in [-0.39, 0.29) is 5.92 Å². The minimum atomic E-state index is 0.152. The van der Waals surface area contributed by atoms with Gasteiger partial charge >= 0.3 is 0 Å². The number of rotatable bonds is 3. The van der Waals surface area contributed by atoms with Gasteiger partial charge in [0.2, 0.25) is 5.91 Å². The van der Waals surface area contributed by atoms with Crippen molar-refractivity contribution in [3.8, 4) is 0 Å². The molecule has 0 radical (unpaired) electrons. The molecule has 1 aliphatic heterocycles. The van der Waals surface area contributed by atoms with Crippen molar-refractivity contribution < 1.29 is 9.21 Å². The summed E-state index contributed by atoms with van der Waals surface area (Å²) in [7, 11) is 0. The Kier molecular flexibility index (Phi) is 3.49. The lowest BCUT2D eigenvalue weighted by Crippen LogP contribution is -2.39. The van der Waals surface area contributed by atoms with Crippen molar-refractivity contribution in [2.75, 3.05) is 13.1 Å². The highest BCUT2D eigenvalue weighted by Gasteiger charge is 2.47. The third kappa shape index (κ3) is 2.56. The summed E-state index contributed by atoms with van der Waals surface area (Å²) in [5.74, 6) is 2.37. The second-order valence-electron chi connectivity index (χ2n) is 6.47. The van der Waals surface area contributed by atoms with E-state index in [0.29, 0.717) is 17.7 Å². The Balaban J connectivity index is 1.33. The molecule has 1 aliphatic carbocycles. The second kappa shape index (κ2) is 5.64. The first kappa shape index (κ1) is 13.6. The number of carbonyl (C=O) groups excluding carboxylic acids is 1. The second-order valence-corrected chi connectivity index (χ2v) is 6.47. The van der Waals surface area contributed by atoms with Gasteiger partial charge < -0.3 is 9.32 Å². The van der Waals surface area contributed by atoms with Crippen LogP contribution in [-0.4, -0.2) is 23.9 Å². The molecule has 1 aromatic heterocycles. The van der Waals surface area contributed by atoms with Crippen molar-refractivity contribution in [1.29, 1.82) is 0 Å². The standard InChI is InChI=1S/C19H21NO2/c21-19(17-13-16(17)18-7-4-12-22-18)20-10-8-15(9-11-20)14-5-2-1-3-6-14/h1-7,12,15-17H,8-11,13H2. The molecule has 114 valence electrons. The number of furan rings is 1. The molecule has 2 atom stereocenters. The van der Waals surface area contributed by atoms with Gasteiger partial charge in [0.05, 0.1) is 6.26 Å². The first-order valence-electron chi connectivity index (χ1n) is 8.20. The summed E-state index contributed by atoms with van der Waals surface area (Å²) in [6.45, 7) is 1.78. The minimum absolute atomic E-state index is 0.152. The van der Waals surface area contributed by atoms with Crippen molar-refractivity contribution >= 4 is 5.91 Å². The lowest BCUT2D eigenvalue weighted by molar-refractivity contribution is -0.133. The predicted molar refractivity (Wildman–Crippen MR) is 84.6 cm³/mol. The van der Waals surface area contributed by atoms with Gasteiger partial charge in [0.25, 0.3) is 0 Å². The normalized spacial score (nSPS) is 25.2. The van der Waals surface area contributed by atoms with Crippen LogP contribution in [0.1, 0.15) is 42.4 Å². The number of amides is 1. The number of likely N-dealkylation sites (tertiary alicyclic amines) is 1. The van der Waals surface area contributed by atoms with E-state index in [1.807, 2.05) is 12.1 Å². The van der Waals surface area contributed by atoms with Crippen LogP contribution in [0, 0.1) is 5.92 Å². The zero-order valence-electron chi connectivity index (χ0n) is 12.7. The van der Waals surface area contributed by atoms with E-state index in [4.69, 9.17) is 4.42 Å². The Hall–Kier alpha value is -2.03. The summed E-state index contributed by atoms with van der Waals surface area (Å²) < 4.78 is 5.43. The van der Waals surface area contributed by atoms with Crippen LogP contribution in [0.4, 0.5) is 0 Å². The highest BCUT2D eigenvalue weighted by Crippen LogP contribution is 2.49. The molecule has 2 unspecified atom stereocenters. The third-order valence-corrected chi connectivity index (χ3v) is 5.09. The molecule has 2 aliphatic rings. The maximum Gasteiger partial charge on any atom is 0.226 e. The Morgan fingerprint density at radius 1 is 1.05 bits per heavy atom. The number of carbonyl (C=O) groups is 1. The van der Waals surface area contributed by atoms with Gasteiger partial charge in [0.15, 0.2) is 0 Å². The number of piperidine rings is 1. The van der Waals surface area contributed by atoms with Gasteiger partial charge in [0, 0.05) is 24.9 Å². The van der Waals surface area contributed by atoms with E-state index < -0.39 is 0 Å². The third-order valence-electron chi connectivity index (χ3n) is 5.09. The number of hydrogen-bond donors (Lipinski definition) is 0. The van der Waals surface area contributed by atoms with Crippen LogP contribution in [0.25, 0.3) is 0 Å². The smallest absolute Gasteiger partial charge is 0.226 e. The molecule has 2 fully saturated rings. The van der Waals surface area contributed by atoms with E-state index in [9.17, 15) is 4.79 Å². The molecule has 1 saturated carbocycles. The Morgan fingerprint density at radius 2 is 1.82 bits per heavy atom. The molecule has 4 rings (SSSR count). The number of hydrogen-bond acceptors (Lipinski definition) is 2. The van der Waals surface area contributed by atoms with E-state index in [0.717, 1.165) is 38.1 Å². The molecule has 1 saturated heterocycles. The summed E-state index contributed by atoms with van der Waals surface area (Å²) in [6, 6.07) is 14.6. The Morgan fingerprint density at radius 3 is 2.50 bits per heavy atom. The highest BCUT2D eigenvalue weighted by atomic mass is 16.3. The summed E-state index contributed by atoms with van der Waals surface area (Å²) in [5.41, 5.74) is 1.41. The molecule has 0 spiro atoms. The number of nitrogens with zero attached hydrogens (tertiary/aromatic N) is 1. The van der Waals surface area contributed by atoms with Gasteiger partial charge in [-0.25, -0.2) is 0 Å². The van der Waals surface area contributed by atoms with Crippen LogP contribution in [0.3, 0.4) is 0 Å². The van der Waals surface area contributed by atoms with Crippen molar-refractivity contribution in [3.05, 3.63) is 60.1 Å². The van der Waals surface area contributed by atoms with Gasteiger partial charge in [-0.3, -0.25) is 4.79 Å². The average Bonchev–Trinajstić information content (AvgIpc) is 3.20. The largest absolute Gasteiger partial charge is 0.469 e. The van der Waals surface area contributed by atoms with E-state index in [1.54, 1.807) is 6.26 Å². The summed E-state index contributed by atoms with van der Waals surface area (Å²) in [5, 5.41) is 0. The van der Waals surface area contributed by atoms with Crippen LogP contribution in [0.15, 0.2) is 53.1 Å². The van der Waals surface area contributed by atoms with Gasteiger partial charge in [-0.05, 0) is 42.9 Å². The Labute approximate surface area is 130 Å². The highest BCUT2D eigenvalue weighted by molar-refractivity contribution is 5.83. The summed E-state index contributed by atoms with van der Waals surface area (Å²) in [6.07, 6.45) is 4.80. The van der Waals surface area contributed by atoms with Crippen molar-refractivity contribution in [3.63, 3.8) is 0 Å². The summed E-state index contributed by atoms with van der Waals surface area (Å²) >= 11 is 0. The average molecular weight is 295 g/mol. The molecule has 0 bridgehead atoms. The first-order valence-corrected chi connectivity index (χ1v) is 8.20. The van der Waals surface area contributed by atoms with Crippen LogP contribution in [0.2, 0.25) is 0 Å². The van der Waals surface area contributed by atoms with Gasteiger partial charge in [0.1, 0.15) is 5.76 Å². The molecule has 0 N–H and O–H groups in total. The van der Waals surface area contributed by atoms with E-state index in [2.05, 4.69) is 35.2 Å². The van der Waals surface area contributed by atoms with Crippen LogP contribution in [-0.2, 0) is 4.79 Å². The fourth-order valence-corrected chi connectivity index (χ4v) is 3.68. The van der Waals surface area contributed by atoms with Gasteiger partial charge in [-0.1, -0.05) is 30.3 Å². The van der Waals surface area contributed by atoms with Gasteiger partial charge in [-0.2, -0.15) is 0 Å². The lowest BCUT2D eigenvalue weighted by Gasteiger charge is -2.32. The SMILES string of the molecule is O=C(C1CC1c1ccco1)N1CCC(c2ccccc2)CC1. The minimum Gasteiger partial charge on any atom is -0.469 e. The van der Waals surface area contributed by atoms with Crippen LogP contribution >= 0.6 is 0 Å². The monoisotopic (exact) mass is 295 g/mol. The Bertz CT molecular complexity index is 627. The zero-order valence-corrected chi connectivity index (χ0v) is 12.7. The lowest BCUT2D eigenvalue weighted by atomic mass is 9.89. The predicted octanol–water partition coefficient (Wildman–Crippen LogP) is 3.79. The molecular weight excluding hydrogens is 274 g/mol. The fourth-order valence-electron chi connectivity index (χ4n) is 3.68. The van der Waals surface area contributed by atoms with Crippen molar-refractivity contribution in [1.82, 2.24) is 4.90 Å². The van der Waals surface area contributed by atoms with Crippen LogP contribution in [0.5, 0.6) is 0 Å². The molecule has 1 amide bonds. The maximum atomic E-state index is 12.6. The molecule has 2 heterocycles. The van der Waals surface area contributed by atoms with Crippen LogP contribution < -0.4 is 0 Å². The molecule has 22 heavy (non-hydrogen) atoms. The van der Waals surface area contributed by atoms with E-state index in [1.165, 1.54) is 5.56 Å². The topological polar surface area (TPSA) is 33.5 Å². The van der Waals surface area contributed by atoms with Crippen molar-refractivity contribution in [2.45, 2.75) is 31.1 Å². The van der Waals surface area contributed by atoms with E-state index >= 15 is 0 Å².